The van der Waals surface area contributed by atoms with E-state index in [1.165, 1.54) is 35.8 Å². The van der Waals surface area contributed by atoms with Crippen molar-refractivity contribution in [2.75, 3.05) is 13.1 Å². The van der Waals surface area contributed by atoms with E-state index in [4.69, 9.17) is 15.1 Å². The molecule has 0 saturated heterocycles. The minimum atomic E-state index is -4.29. The van der Waals surface area contributed by atoms with Gasteiger partial charge in [-0.05, 0) is 43.3 Å². The predicted octanol–water partition coefficient (Wildman–Crippen LogP) is 1.29. The van der Waals surface area contributed by atoms with E-state index in [-0.39, 0.29) is 4.90 Å². The van der Waals surface area contributed by atoms with Gasteiger partial charge in [0.2, 0.25) is 10.0 Å². The Bertz CT molecular complexity index is 843. The van der Waals surface area contributed by atoms with Gasteiger partial charge in [0.15, 0.2) is 0 Å². The highest BCUT2D eigenvalue weighted by Crippen LogP contribution is 2.21. The fourth-order valence-corrected chi connectivity index (χ4v) is 3.22. The summed E-state index contributed by atoms with van der Waals surface area (Å²) in [5, 5.41) is 17.4. The third-order valence-corrected chi connectivity index (χ3v) is 4.91. The molecule has 0 radical (unpaired) electrons. The third-order valence-electron chi connectivity index (χ3n) is 3.11. The zero-order valence-corrected chi connectivity index (χ0v) is 15.3. The number of amides is 1. The Morgan fingerprint density at radius 1 is 1.26 bits per heavy atom. The SMILES string of the molecule is C=C/C(=C\C=C/C)Oc1ccc(S(=O)(=O)N(CC(=O)O)CC(=O)NO)cc1. The lowest BCUT2D eigenvalue weighted by Gasteiger charge is -2.19. The summed E-state index contributed by atoms with van der Waals surface area (Å²) < 4.78 is 31.1. The first kappa shape index (κ1) is 22.1. The number of aliphatic carboxylic acids is 1. The van der Waals surface area contributed by atoms with Gasteiger partial charge in [-0.3, -0.25) is 14.8 Å². The van der Waals surface area contributed by atoms with Crippen molar-refractivity contribution in [3.05, 3.63) is 60.9 Å². The number of ether oxygens (including phenoxy) is 1. The number of carboxylic acids is 1. The third kappa shape index (κ3) is 6.70. The molecule has 10 heteroatoms. The Morgan fingerprint density at radius 2 is 1.89 bits per heavy atom. The molecule has 0 fully saturated rings. The number of nitrogens with one attached hydrogen (secondary N) is 1. The number of carbonyl (C=O) groups excluding carboxylic acids is 1. The number of nitrogens with zero attached hydrogens (tertiary/aromatic N) is 1. The van der Waals surface area contributed by atoms with Gasteiger partial charge < -0.3 is 9.84 Å². The molecular weight excluding hydrogens is 376 g/mol. The van der Waals surface area contributed by atoms with Crippen molar-refractivity contribution in [3.63, 3.8) is 0 Å². The number of hydrogen-bond donors (Lipinski definition) is 3. The standard InChI is InChI=1S/C17H20N2O7S/c1-3-5-6-13(4-2)26-14-7-9-15(10-8-14)27(24,25)19(12-17(21)22)11-16(20)18-23/h3-10,23H,2,11-12H2,1H3,(H,18,20)(H,21,22)/b5-3-,13-6+. The van der Waals surface area contributed by atoms with E-state index >= 15 is 0 Å². The molecule has 9 nitrogen and oxygen atoms in total. The van der Waals surface area contributed by atoms with Gasteiger partial charge in [0.25, 0.3) is 5.91 Å². The van der Waals surface area contributed by atoms with Gasteiger partial charge >= 0.3 is 5.97 Å². The van der Waals surface area contributed by atoms with Crippen LogP contribution < -0.4 is 10.2 Å². The lowest BCUT2D eigenvalue weighted by molar-refractivity contribution is -0.137. The van der Waals surface area contributed by atoms with Crippen LogP contribution in [0, 0.1) is 0 Å². The lowest BCUT2D eigenvalue weighted by atomic mass is 10.3. The molecule has 0 spiro atoms. The van der Waals surface area contributed by atoms with Gasteiger partial charge in [-0.25, -0.2) is 13.9 Å². The second kappa shape index (κ2) is 10.3. The van der Waals surface area contributed by atoms with Crippen LogP contribution >= 0.6 is 0 Å². The molecule has 0 aliphatic heterocycles. The maximum Gasteiger partial charge on any atom is 0.318 e. The number of rotatable bonds is 10. The molecule has 0 aliphatic carbocycles. The van der Waals surface area contributed by atoms with Crippen molar-refractivity contribution in [3.8, 4) is 5.75 Å². The van der Waals surface area contributed by atoms with Gasteiger partial charge in [0, 0.05) is 0 Å². The highest BCUT2D eigenvalue weighted by atomic mass is 32.2. The summed E-state index contributed by atoms with van der Waals surface area (Å²) in [6.07, 6.45) is 6.68. The fourth-order valence-electron chi connectivity index (χ4n) is 1.87. The van der Waals surface area contributed by atoms with Crippen LogP contribution in [-0.2, 0) is 19.6 Å². The van der Waals surface area contributed by atoms with Crippen LogP contribution in [0.15, 0.2) is 65.8 Å². The molecule has 0 saturated carbocycles. The molecule has 0 atom stereocenters. The maximum absolute atomic E-state index is 12.6. The number of carboxylic acid groups (broad SMARTS) is 1. The number of hydrogen-bond acceptors (Lipinski definition) is 6. The quantitative estimate of drug-likeness (QED) is 0.235. The molecule has 1 aromatic rings. The molecule has 27 heavy (non-hydrogen) atoms. The molecule has 1 aromatic carbocycles. The molecule has 0 aromatic heterocycles. The van der Waals surface area contributed by atoms with Crippen LogP contribution in [0.1, 0.15) is 6.92 Å². The predicted molar refractivity (Wildman–Crippen MR) is 96.5 cm³/mol. The highest BCUT2D eigenvalue weighted by Gasteiger charge is 2.28. The Morgan fingerprint density at radius 3 is 2.37 bits per heavy atom. The van der Waals surface area contributed by atoms with Gasteiger partial charge in [-0.1, -0.05) is 18.7 Å². The van der Waals surface area contributed by atoms with Crippen molar-refractivity contribution >= 4 is 21.9 Å². The van der Waals surface area contributed by atoms with Crippen molar-refractivity contribution in [1.82, 2.24) is 9.79 Å². The van der Waals surface area contributed by atoms with Gasteiger partial charge in [0.1, 0.15) is 18.1 Å². The minimum Gasteiger partial charge on any atom is -0.480 e. The first-order chi connectivity index (χ1) is 12.7. The Labute approximate surface area is 156 Å². The molecule has 0 bridgehead atoms. The zero-order valence-electron chi connectivity index (χ0n) is 14.5. The largest absolute Gasteiger partial charge is 0.480 e. The van der Waals surface area contributed by atoms with E-state index in [2.05, 4.69) is 6.58 Å². The molecule has 1 amide bonds. The van der Waals surface area contributed by atoms with Crippen LogP contribution in [0.3, 0.4) is 0 Å². The molecule has 146 valence electrons. The van der Waals surface area contributed by atoms with Gasteiger partial charge in [-0.2, -0.15) is 4.31 Å². The smallest absolute Gasteiger partial charge is 0.318 e. The van der Waals surface area contributed by atoms with E-state index in [0.717, 1.165) is 0 Å². The normalized spacial score (nSPS) is 12.2. The Balaban J connectivity index is 3.09. The second-order valence-corrected chi connectivity index (χ2v) is 7.01. The number of allylic oxidation sites excluding steroid dienone is 4. The molecule has 0 aliphatic rings. The van der Waals surface area contributed by atoms with E-state index in [0.29, 0.717) is 15.8 Å². The van der Waals surface area contributed by atoms with Gasteiger partial charge in [0.05, 0.1) is 11.4 Å². The molecular formula is C17H20N2O7S. The Hall–Kier alpha value is -2.95. The van der Waals surface area contributed by atoms with Crippen molar-refractivity contribution in [2.24, 2.45) is 0 Å². The maximum atomic E-state index is 12.6. The summed E-state index contributed by atoms with van der Waals surface area (Å²) in [7, 11) is -4.29. The topological polar surface area (TPSA) is 133 Å². The summed E-state index contributed by atoms with van der Waals surface area (Å²) in [4.78, 5) is 21.9. The summed E-state index contributed by atoms with van der Waals surface area (Å²) in [6.45, 7) is 3.65. The Kier molecular flexibility index (Phi) is 8.39. The minimum absolute atomic E-state index is 0.237. The monoisotopic (exact) mass is 396 g/mol. The van der Waals surface area contributed by atoms with E-state index in [1.54, 1.807) is 18.2 Å². The van der Waals surface area contributed by atoms with Crippen molar-refractivity contribution < 1.29 is 33.1 Å². The van der Waals surface area contributed by atoms with Crippen LogP contribution in [0.2, 0.25) is 0 Å². The molecule has 0 unspecified atom stereocenters. The highest BCUT2D eigenvalue weighted by molar-refractivity contribution is 7.89. The number of sulfonamides is 1. The van der Waals surface area contributed by atoms with Crippen molar-refractivity contribution in [1.29, 1.82) is 0 Å². The fraction of sp³-hybridized carbons (Fsp3) is 0.176. The number of carbonyl (C=O) groups is 2. The molecule has 0 heterocycles. The summed E-state index contributed by atoms with van der Waals surface area (Å²) in [6, 6.07) is 5.19. The molecule has 3 N–H and O–H groups in total. The summed E-state index contributed by atoms with van der Waals surface area (Å²) in [5.41, 5.74) is 1.27. The van der Waals surface area contributed by atoms with Crippen LogP contribution in [-0.4, -0.2) is 48.0 Å². The molecule has 1 rings (SSSR count). The van der Waals surface area contributed by atoms with Crippen LogP contribution in [0.25, 0.3) is 0 Å². The summed E-state index contributed by atoms with van der Waals surface area (Å²) in [5.74, 6) is -1.74. The zero-order chi connectivity index (χ0) is 20.4. The first-order valence-electron chi connectivity index (χ1n) is 7.62. The average molecular weight is 396 g/mol. The second-order valence-electron chi connectivity index (χ2n) is 5.07. The van der Waals surface area contributed by atoms with Crippen molar-refractivity contribution in [2.45, 2.75) is 11.8 Å². The van der Waals surface area contributed by atoms with E-state index in [1.807, 2.05) is 6.92 Å². The summed E-state index contributed by atoms with van der Waals surface area (Å²) >= 11 is 0. The van der Waals surface area contributed by atoms with E-state index < -0.39 is 35.0 Å². The van der Waals surface area contributed by atoms with Crippen LogP contribution in [0.4, 0.5) is 0 Å². The number of hydroxylamine groups is 1. The van der Waals surface area contributed by atoms with E-state index in [9.17, 15) is 18.0 Å². The van der Waals surface area contributed by atoms with Crippen LogP contribution in [0.5, 0.6) is 5.75 Å². The lowest BCUT2D eigenvalue weighted by Crippen LogP contribution is -2.42. The average Bonchev–Trinajstić information content (AvgIpc) is 2.64. The first-order valence-corrected chi connectivity index (χ1v) is 9.06. The number of benzene rings is 1. The van der Waals surface area contributed by atoms with Gasteiger partial charge in [-0.15, -0.1) is 0 Å².